The molecule has 0 atom stereocenters. The Morgan fingerprint density at radius 1 is 1.06 bits per heavy atom. The zero-order valence-corrected chi connectivity index (χ0v) is 17.9. The second kappa shape index (κ2) is 8.89. The van der Waals surface area contributed by atoms with Crippen molar-refractivity contribution in [2.45, 2.75) is 13.1 Å². The van der Waals surface area contributed by atoms with E-state index in [2.05, 4.69) is 14.9 Å². The van der Waals surface area contributed by atoms with Crippen molar-refractivity contribution in [3.63, 3.8) is 0 Å². The van der Waals surface area contributed by atoms with E-state index in [1.807, 2.05) is 54.9 Å². The average Bonchev–Trinajstić information content (AvgIpc) is 3.20. The maximum Gasteiger partial charge on any atom is 0.270 e. The van der Waals surface area contributed by atoms with Gasteiger partial charge in [0, 0.05) is 45.0 Å². The molecule has 1 N–H and O–H groups in total. The van der Waals surface area contributed by atoms with Crippen LogP contribution in [-0.2, 0) is 13.1 Å². The van der Waals surface area contributed by atoms with Crippen molar-refractivity contribution in [2.75, 3.05) is 19.0 Å². The van der Waals surface area contributed by atoms with Crippen LogP contribution in [0.2, 0.25) is 0 Å². The van der Waals surface area contributed by atoms with Crippen LogP contribution >= 0.6 is 0 Å². The summed E-state index contributed by atoms with van der Waals surface area (Å²) in [5.74, 6) is -0.358. The summed E-state index contributed by atoms with van der Waals surface area (Å²) >= 11 is 0. The molecule has 162 valence electrons. The number of imidazole rings is 1. The lowest BCUT2D eigenvalue weighted by Gasteiger charge is -2.17. The van der Waals surface area contributed by atoms with Gasteiger partial charge in [-0.05, 0) is 29.3 Å². The number of carbonyl (C=O) groups excluding carboxylic acids is 1. The van der Waals surface area contributed by atoms with Gasteiger partial charge in [0.15, 0.2) is 0 Å². The molecular weight excluding hydrogens is 406 g/mol. The second-order valence-corrected chi connectivity index (χ2v) is 7.72. The van der Waals surface area contributed by atoms with Crippen LogP contribution in [0.3, 0.4) is 0 Å². The number of benzene rings is 3. The molecule has 0 fully saturated rings. The summed E-state index contributed by atoms with van der Waals surface area (Å²) in [6, 6.07) is 20.2. The van der Waals surface area contributed by atoms with Crippen LogP contribution in [0, 0.1) is 10.1 Å². The molecule has 1 aromatic heterocycles. The summed E-state index contributed by atoms with van der Waals surface area (Å²) in [6.07, 6.45) is 1.82. The summed E-state index contributed by atoms with van der Waals surface area (Å²) in [5, 5.41) is 14.0. The number of nitrogens with one attached hydrogen (secondary N) is 1. The number of fused-ring (bicyclic) bond motifs is 1. The molecular formula is C24H23N5O3. The Morgan fingerprint density at radius 2 is 1.84 bits per heavy atom. The predicted molar refractivity (Wildman–Crippen MR) is 124 cm³/mol. The Labute approximate surface area is 185 Å². The Bertz CT molecular complexity index is 1300. The molecule has 1 amide bonds. The minimum absolute atomic E-state index is 0.115. The number of para-hydroxylation sites is 2. The van der Waals surface area contributed by atoms with Crippen molar-refractivity contribution in [1.29, 1.82) is 0 Å². The van der Waals surface area contributed by atoms with Crippen molar-refractivity contribution in [1.82, 2.24) is 14.9 Å². The van der Waals surface area contributed by atoms with Gasteiger partial charge in [0.1, 0.15) is 0 Å². The maximum atomic E-state index is 12.8. The third-order valence-corrected chi connectivity index (χ3v) is 5.24. The Morgan fingerprint density at radius 3 is 2.62 bits per heavy atom. The number of rotatable bonds is 7. The van der Waals surface area contributed by atoms with Crippen LogP contribution in [0.4, 0.5) is 11.4 Å². The van der Waals surface area contributed by atoms with Gasteiger partial charge in [-0.3, -0.25) is 14.9 Å². The van der Waals surface area contributed by atoms with E-state index in [0.717, 1.165) is 22.2 Å². The van der Waals surface area contributed by atoms with Gasteiger partial charge in [-0.15, -0.1) is 0 Å². The highest BCUT2D eigenvalue weighted by atomic mass is 16.6. The molecule has 0 aliphatic rings. The van der Waals surface area contributed by atoms with E-state index >= 15 is 0 Å². The molecule has 0 bridgehead atoms. The first kappa shape index (κ1) is 21.0. The van der Waals surface area contributed by atoms with Gasteiger partial charge in [-0.25, -0.2) is 4.98 Å². The maximum absolute atomic E-state index is 12.8. The monoisotopic (exact) mass is 429 g/mol. The summed E-state index contributed by atoms with van der Waals surface area (Å²) in [7, 11) is 3.59. The van der Waals surface area contributed by atoms with Gasteiger partial charge in [0.2, 0.25) is 0 Å². The first-order valence-electron chi connectivity index (χ1n) is 10.1. The van der Waals surface area contributed by atoms with Crippen LogP contribution in [0.5, 0.6) is 0 Å². The molecule has 0 radical (unpaired) electrons. The molecule has 4 aromatic rings. The van der Waals surface area contributed by atoms with E-state index in [1.54, 1.807) is 25.1 Å². The zero-order chi connectivity index (χ0) is 22.7. The topological polar surface area (TPSA) is 93.3 Å². The van der Waals surface area contributed by atoms with Crippen molar-refractivity contribution in [3.05, 3.63) is 99.9 Å². The number of nitrogens with zero attached hydrogens (tertiary/aromatic N) is 4. The fraction of sp³-hybridized carbons (Fsp3) is 0.167. The minimum Gasteiger partial charge on any atom is -0.377 e. The molecule has 0 unspecified atom stereocenters. The SMILES string of the molecule is CN(C)c1ccc([N+](=O)[O-])cc1C(=O)NCc1cccc(Cn2cnc3ccccc32)c1. The number of anilines is 1. The van der Waals surface area contributed by atoms with Crippen LogP contribution < -0.4 is 10.2 Å². The largest absolute Gasteiger partial charge is 0.377 e. The number of aromatic nitrogens is 2. The number of non-ortho nitro benzene ring substituents is 1. The van der Waals surface area contributed by atoms with Crippen molar-refractivity contribution < 1.29 is 9.72 Å². The molecule has 1 heterocycles. The summed E-state index contributed by atoms with van der Waals surface area (Å²) < 4.78 is 2.08. The Hall–Kier alpha value is -4.20. The first-order chi connectivity index (χ1) is 15.4. The lowest BCUT2D eigenvalue weighted by Crippen LogP contribution is -2.25. The zero-order valence-electron chi connectivity index (χ0n) is 17.9. The third-order valence-electron chi connectivity index (χ3n) is 5.24. The lowest BCUT2D eigenvalue weighted by atomic mass is 10.1. The molecule has 8 nitrogen and oxygen atoms in total. The minimum atomic E-state index is -0.500. The van der Waals surface area contributed by atoms with Gasteiger partial charge < -0.3 is 14.8 Å². The predicted octanol–water partition coefficient (Wildman–Crippen LogP) is 3.99. The number of hydrogen-bond acceptors (Lipinski definition) is 5. The number of nitro groups is 1. The fourth-order valence-electron chi connectivity index (χ4n) is 3.66. The Kier molecular flexibility index (Phi) is 5.85. The standard InChI is InChI=1S/C24H23N5O3/c1-27(2)22-11-10-19(29(31)32)13-20(22)24(30)25-14-17-6-5-7-18(12-17)15-28-16-26-21-8-3-4-9-23(21)28/h3-13,16H,14-15H2,1-2H3,(H,25,30). The number of carbonyl (C=O) groups is 1. The van der Waals surface area contributed by atoms with E-state index < -0.39 is 4.92 Å². The van der Waals surface area contributed by atoms with Gasteiger partial charge >= 0.3 is 0 Å². The summed E-state index contributed by atoms with van der Waals surface area (Å²) in [4.78, 5) is 29.7. The van der Waals surface area contributed by atoms with E-state index in [-0.39, 0.29) is 17.2 Å². The lowest BCUT2D eigenvalue weighted by molar-refractivity contribution is -0.384. The van der Waals surface area contributed by atoms with Gasteiger partial charge in [0.05, 0.1) is 27.8 Å². The smallest absolute Gasteiger partial charge is 0.270 e. The summed E-state index contributed by atoms with van der Waals surface area (Å²) in [5.41, 5.74) is 4.81. The van der Waals surface area contributed by atoms with Gasteiger partial charge in [-0.2, -0.15) is 0 Å². The molecule has 0 aliphatic carbocycles. The molecule has 8 heteroatoms. The third kappa shape index (κ3) is 4.44. The second-order valence-electron chi connectivity index (χ2n) is 7.72. The van der Waals surface area contributed by atoms with Crippen molar-refractivity contribution in [3.8, 4) is 0 Å². The fourth-order valence-corrected chi connectivity index (χ4v) is 3.66. The highest BCUT2D eigenvalue weighted by Crippen LogP contribution is 2.24. The van der Waals surface area contributed by atoms with Gasteiger partial charge in [-0.1, -0.05) is 36.4 Å². The number of hydrogen-bond donors (Lipinski definition) is 1. The summed E-state index contributed by atoms with van der Waals surface area (Å²) in [6.45, 7) is 0.977. The van der Waals surface area contributed by atoms with Gasteiger partial charge in [0.25, 0.3) is 11.6 Å². The molecule has 3 aromatic carbocycles. The average molecular weight is 429 g/mol. The van der Waals surface area contributed by atoms with Crippen LogP contribution in [0.1, 0.15) is 21.5 Å². The normalized spacial score (nSPS) is 10.8. The highest BCUT2D eigenvalue weighted by Gasteiger charge is 2.18. The number of amides is 1. The quantitative estimate of drug-likeness (QED) is 0.354. The highest BCUT2D eigenvalue weighted by molar-refractivity contribution is 6.00. The van der Waals surface area contributed by atoms with E-state index in [1.165, 1.54) is 12.1 Å². The first-order valence-corrected chi connectivity index (χ1v) is 10.1. The van der Waals surface area contributed by atoms with E-state index in [4.69, 9.17) is 0 Å². The Balaban J connectivity index is 1.49. The molecule has 0 spiro atoms. The van der Waals surface area contributed by atoms with Crippen LogP contribution in [0.15, 0.2) is 73.1 Å². The molecule has 32 heavy (non-hydrogen) atoms. The molecule has 0 saturated carbocycles. The van der Waals surface area contributed by atoms with E-state index in [0.29, 0.717) is 18.8 Å². The van der Waals surface area contributed by atoms with Crippen LogP contribution in [-0.4, -0.2) is 34.5 Å². The van der Waals surface area contributed by atoms with E-state index in [9.17, 15) is 14.9 Å². The van der Waals surface area contributed by atoms with Crippen molar-refractivity contribution >= 4 is 28.3 Å². The molecule has 0 saturated heterocycles. The molecule has 4 rings (SSSR count). The number of nitro benzene ring substituents is 1. The van der Waals surface area contributed by atoms with Crippen molar-refractivity contribution in [2.24, 2.45) is 0 Å². The van der Waals surface area contributed by atoms with Crippen LogP contribution in [0.25, 0.3) is 11.0 Å². The molecule has 0 aliphatic heterocycles.